The van der Waals surface area contributed by atoms with Gasteiger partial charge in [0, 0.05) is 30.6 Å². The number of anilines is 2. The van der Waals surface area contributed by atoms with Crippen molar-refractivity contribution in [3.8, 4) is 0 Å². The largest absolute Gasteiger partial charge is 0.341 e. The van der Waals surface area contributed by atoms with Gasteiger partial charge in [-0.3, -0.25) is 9.98 Å². The number of aryl methyl sites for hydroxylation is 1. The van der Waals surface area contributed by atoms with Crippen molar-refractivity contribution in [1.82, 2.24) is 0 Å². The standard InChI is InChI=1S/C29H37N3/c1-7-22(8-2)14-15-31-28-13-12-26(19-29(28)30-6)32(20-24-10-11-24)27-17-23(9-3)16-25(18-27)21(4)5/h7-8,12-13,15-19,21,24H,1,6,9-11,14,20H2,2-5H3/b22-8+,31-15-. The first-order valence-corrected chi connectivity index (χ1v) is 11.8. The monoisotopic (exact) mass is 427 g/mol. The summed E-state index contributed by atoms with van der Waals surface area (Å²) in [5, 5.41) is 0. The van der Waals surface area contributed by atoms with Gasteiger partial charge in [-0.15, -0.1) is 0 Å². The molecule has 2 aromatic carbocycles. The average Bonchev–Trinajstić information content (AvgIpc) is 3.64. The van der Waals surface area contributed by atoms with Gasteiger partial charge < -0.3 is 4.90 Å². The molecule has 0 amide bonds. The van der Waals surface area contributed by atoms with Crippen LogP contribution in [0.5, 0.6) is 0 Å². The Labute approximate surface area is 194 Å². The molecule has 0 N–H and O–H groups in total. The molecular weight excluding hydrogens is 390 g/mol. The maximum absolute atomic E-state index is 4.66. The Morgan fingerprint density at radius 2 is 1.91 bits per heavy atom. The van der Waals surface area contributed by atoms with E-state index >= 15 is 0 Å². The van der Waals surface area contributed by atoms with Crippen LogP contribution in [-0.4, -0.2) is 19.5 Å². The van der Waals surface area contributed by atoms with E-state index in [1.54, 1.807) is 0 Å². The van der Waals surface area contributed by atoms with E-state index in [2.05, 4.69) is 91.4 Å². The van der Waals surface area contributed by atoms with Crippen molar-refractivity contribution in [3.05, 3.63) is 71.8 Å². The van der Waals surface area contributed by atoms with Crippen LogP contribution in [0.3, 0.4) is 0 Å². The molecule has 0 heterocycles. The molecule has 1 saturated carbocycles. The number of rotatable bonds is 11. The molecule has 3 nitrogen and oxygen atoms in total. The predicted molar refractivity (Wildman–Crippen MR) is 142 cm³/mol. The van der Waals surface area contributed by atoms with Gasteiger partial charge >= 0.3 is 0 Å². The maximum Gasteiger partial charge on any atom is 0.0899 e. The highest BCUT2D eigenvalue weighted by molar-refractivity contribution is 5.78. The Hall–Kier alpha value is -2.94. The minimum absolute atomic E-state index is 0.503. The smallest absolute Gasteiger partial charge is 0.0899 e. The highest BCUT2D eigenvalue weighted by Crippen LogP contribution is 2.39. The van der Waals surface area contributed by atoms with Gasteiger partial charge in [0.15, 0.2) is 0 Å². The molecule has 0 saturated heterocycles. The molecule has 0 atom stereocenters. The Morgan fingerprint density at radius 3 is 2.50 bits per heavy atom. The summed E-state index contributed by atoms with van der Waals surface area (Å²) in [6, 6.07) is 13.4. The van der Waals surface area contributed by atoms with Gasteiger partial charge in [0.2, 0.25) is 0 Å². The molecule has 3 rings (SSSR count). The van der Waals surface area contributed by atoms with Gasteiger partial charge in [-0.05, 0) is 91.8 Å². The molecule has 0 aromatic heterocycles. The normalized spacial score (nSPS) is 14.2. The van der Waals surface area contributed by atoms with E-state index in [0.29, 0.717) is 5.92 Å². The molecule has 0 radical (unpaired) electrons. The van der Waals surface area contributed by atoms with Crippen molar-refractivity contribution < 1.29 is 0 Å². The fourth-order valence-electron chi connectivity index (χ4n) is 3.80. The molecule has 1 aliphatic carbocycles. The third-order valence-corrected chi connectivity index (χ3v) is 6.16. The van der Waals surface area contributed by atoms with Gasteiger partial charge in [-0.2, -0.15) is 0 Å². The number of hydrogen-bond acceptors (Lipinski definition) is 3. The molecule has 1 aliphatic rings. The highest BCUT2D eigenvalue weighted by Gasteiger charge is 2.26. The minimum Gasteiger partial charge on any atom is -0.341 e. The number of allylic oxidation sites excluding steroid dienone is 3. The van der Waals surface area contributed by atoms with E-state index in [9.17, 15) is 0 Å². The molecule has 0 spiro atoms. The molecule has 3 heteroatoms. The number of hydrogen-bond donors (Lipinski definition) is 0. The van der Waals surface area contributed by atoms with E-state index in [4.69, 9.17) is 0 Å². The molecule has 1 fully saturated rings. The van der Waals surface area contributed by atoms with Crippen molar-refractivity contribution in [2.45, 2.75) is 59.3 Å². The summed E-state index contributed by atoms with van der Waals surface area (Å²) in [7, 11) is 0. The van der Waals surface area contributed by atoms with Crippen LogP contribution in [0.15, 0.2) is 70.7 Å². The number of aliphatic imine (C=N–C) groups is 2. The van der Waals surface area contributed by atoms with Crippen molar-refractivity contribution in [1.29, 1.82) is 0 Å². The summed E-state index contributed by atoms with van der Waals surface area (Å²) in [4.78, 5) is 11.4. The third-order valence-electron chi connectivity index (χ3n) is 6.16. The summed E-state index contributed by atoms with van der Waals surface area (Å²) < 4.78 is 0. The zero-order valence-corrected chi connectivity index (χ0v) is 20.1. The summed E-state index contributed by atoms with van der Waals surface area (Å²) in [5.74, 6) is 1.27. The lowest BCUT2D eigenvalue weighted by atomic mass is 9.98. The van der Waals surface area contributed by atoms with Crippen LogP contribution in [0, 0.1) is 5.92 Å². The fourth-order valence-corrected chi connectivity index (χ4v) is 3.80. The second kappa shape index (κ2) is 11.1. The van der Waals surface area contributed by atoms with Crippen molar-refractivity contribution >= 4 is 35.7 Å². The number of nitrogens with zero attached hydrogens (tertiary/aromatic N) is 3. The van der Waals surface area contributed by atoms with Gasteiger partial charge in [0.1, 0.15) is 0 Å². The lowest BCUT2D eigenvalue weighted by Crippen LogP contribution is -2.20. The first kappa shape index (κ1) is 23.7. The fraction of sp³-hybridized carbons (Fsp3) is 0.379. The van der Waals surface area contributed by atoms with Crippen molar-refractivity contribution in [2.24, 2.45) is 15.9 Å². The molecule has 2 aromatic rings. The van der Waals surface area contributed by atoms with Crippen LogP contribution in [0.2, 0.25) is 0 Å². The van der Waals surface area contributed by atoms with Gasteiger partial charge in [0.05, 0.1) is 11.4 Å². The molecule has 32 heavy (non-hydrogen) atoms. The molecule has 0 unspecified atom stereocenters. The van der Waals surface area contributed by atoms with E-state index in [0.717, 1.165) is 47.9 Å². The zero-order chi connectivity index (χ0) is 23.1. The molecular formula is C29H37N3. The van der Waals surface area contributed by atoms with Crippen molar-refractivity contribution in [3.63, 3.8) is 0 Å². The summed E-state index contributed by atoms with van der Waals surface area (Å²) >= 11 is 0. The zero-order valence-electron chi connectivity index (χ0n) is 20.1. The summed E-state index contributed by atoms with van der Waals surface area (Å²) in [5.41, 5.74) is 8.03. The van der Waals surface area contributed by atoms with E-state index in [-0.39, 0.29) is 0 Å². The average molecular weight is 428 g/mol. The molecule has 0 bridgehead atoms. The third kappa shape index (κ3) is 6.06. The first-order valence-electron chi connectivity index (χ1n) is 11.8. The van der Waals surface area contributed by atoms with Crippen molar-refractivity contribution in [2.75, 3.05) is 11.4 Å². The summed E-state index contributed by atoms with van der Waals surface area (Å²) in [6.45, 7) is 17.5. The lowest BCUT2D eigenvalue weighted by Gasteiger charge is -2.27. The highest BCUT2D eigenvalue weighted by atomic mass is 15.1. The molecule has 168 valence electrons. The topological polar surface area (TPSA) is 28.0 Å². The lowest BCUT2D eigenvalue weighted by molar-refractivity contribution is 0.808. The van der Waals surface area contributed by atoms with E-state index in [1.807, 2.05) is 19.2 Å². The Kier molecular flexibility index (Phi) is 8.21. The van der Waals surface area contributed by atoms with Gasteiger partial charge in [-0.25, -0.2) is 0 Å². The van der Waals surface area contributed by atoms with Gasteiger partial charge in [0.25, 0.3) is 0 Å². The first-order chi connectivity index (χ1) is 15.5. The molecule has 0 aliphatic heterocycles. The van der Waals surface area contributed by atoms with E-state index in [1.165, 1.54) is 29.7 Å². The predicted octanol–water partition coefficient (Wildman–Crippen LogP) is 8.48. The summed E-state index contributed by atoms with van der Waals surface area (Å²) in [6.07, 6.45) is 10.3. The van der Waals surface area contributed by atoms with Crippen LogP contribution in [0.4, 0.5) is 22.7 Å². The van der Waals surface area contributed by atoms with Gasteiger partial charge in [-0.1, -0.05) is 45.6 Å². The second-order valence-corrected chi connectivity index (χ2v) is 8.91. The quantitative estimate of drug-likeness (QED) is 0.261. The minimum atomic E-state index is 0.503. The van der Waals surface area contributed by atoms with Crippen LogP contribution in [0.1, 0.15) is 64.0 Å². The Bertz CT molecular complexity index is 1010. The van der Waals surface area contributed by atoms with Crippen LogP contribution < -0.4 is 4.90 Å². The Morgan fingerprint density at radius 1 is 1.12 bits per heavy atom. The van der Waals surface area contributed by atoms with Crippen LogP contribution in [-0.2, 0) is 6.42 Å². The Balaban J connectivity index is 1.96. The van der Waals surface area contributed by atoms with E-state index < -0.39 is 0 Å². The van der Waals surface area contributed by atoms with Crippen LogP contribution in [0.25, 0.3) is 0 Å². The second-order valence-electron chi connectivity index (χ2n) is 8.91. The number of benzene rings is 2. The maximum atomic E-state index is 4.66. The van der Waals surface area contributed by atoms with Crippen LogP contribution >= 0.6 is 0 Å². The SMILES string of the molecule is C=C/C(=C\C)C/C=N\c1ccc(N(CC2CC2)c2cc(CC)cc(C(C)C)c2)cc1N=C.